The minimum absolute atomic E-state index is 0.226. The molecule has 1 aromatic carbocycles. The van der Waals surface area contributed by atoms with E-state index in [2.05, 4.69) is 0 Å². The smallest absolute Gasteiger partial charge is 0.185 e. The molecular formula is C10H13O3S. The Bertz CT molecular complexity index is 396. The quantitative estimate of drug-likeness (QED) is 0.768. The fourth-order valence-electron chi connectivity index (χ4n) is 1.09. The Labute approximate surface area is 84.6 Å². The Hall–Kier alpha value is -1.03. The Morgan fingerprint density at radius 2 is 2.00 bits per heavy atom. The van der Waals surface area contributed by atoms with Gasteiger partial charge in [-0.2, -0.15) is 0 Å². The largest absolute Gasteiger partial charge is 0.493 e. The molecule has 0 atom stereocenters. The van der Waals surface area contributed by atoms with Crippen molar-refractivity contribution in [2.45, 2.75) is 18.7 Å². The third kappa shape index (κ3) is 2.26. The fraction of sp³-hybridized carbons (Fsp3) is 0.300. The van der Waals surface area contributed by atoms with E-state index in [4.69, 9.17) is 4.74 Å². The first-order valence-electron chi connectivity index (χ1n) is 4.38. The number of sulfone groups is 1. The molecule has 0 unspecified atom stereocenters. The summed E-state index contributed by atoms with van der Waals surface area (Å²) in [5.41, 5.74) is 0. The second-order valence-electron chi connectivity index (χ2n) is 2.66. The SMILES string of the molecule is C[CH]S(=O)(=O)c1ccccc1OCC. The lowest BCUT2D eigenvalue weighted by molar-refractivity contribution is 0.331. The molecule has 4 heteroatoms. The minimum Gasteiger partial charge on any atom is -0.493 e. The van der Waals surface area contributed by atoms with Crippen molar-refractivity contribution in [1.29, 1.82) is 0 Å². The summed E-state index contributed by atoms with van der Waals surface area (Å²) in [7, 11) is -3.30. The monoisotopic (exact) mass is 213 g/mol. The third-order valence-electron chi connectivity index (χ3n) is 1.77. The average molecular weight is 213 g/mol. The van der Waals surface area contributed by atoms with Gasteiger partial charge in [0.1, 0.15) is 10.6 Å². The molecule has 0 aliphatic carbocycles. The van der Waals surface area contributed by atoms with Crippen LogP contribution >= 0.6 is 0 Å². The van der Waals surface area contributed by atoms with Crippen LogP contribution < -0.4 is 4.74 Å². The molecule has 0 aliphatic heterocycles. The molecule has 0 bridgehead atoms. The van der Waals surface area contributed by atoms with Gasteiger partial charge in [0.2, 0.25) is 0 Å². The maximum absolute atomic E-state index is 11.6. The summed E-state index contributed by atoms with van der Waals surface area (Å²) in [5, 5.41) is 0. The zero-order valence-electron chi connectivity index (χ0n) is 8.23. The number of para-hydroxylation sites is 1. The van der Waals surface area contributed by atoms with Gasteiger partial charge in [0.05, 0.1) is 12.4 Å². The molecular weight excluding hydrogens is 200 g/mol. The molecule has 0 fully saturated rings. The normalized spacial score (nSPS) is 11.3. The van der Waals surface area contributed by atoms with Crippen LogP contribution in [0.1, 0.15) is 13.8 Å². The molecule has 0 heterocycles. The second kappa shape index (κ2) is 4.46. The van der Waals surface area contributed by atoms with Crippen LogP contribution in [0.15, 0.2) is 29.2 Å². The molecule has 0 spiro atoms. The molecule has 0 N–H and O–H groups in total. The van der Waals surface area contributed by atoms with E-state index >= 15 is 0 Å². The van der Waals surface area contributed by atoms with E-state index in [1.165, 1.54) is 12.7 Å². The van der Waals surface area contributed by atoms with E-state index in [-0.39, 0.29) is 4.90 Å². The van der Waals surface area contributed by atoms with Gasteiger partial charge >= 0.3 is 0 Å². The molecule has 3 nitrogen and oxygen atoms in total. The van der Waals surface area contributed by atoms with Crippen LogP contribution in [0.25, 0.3) is 0 Å². The highest BCUT2D eigenvalue weighted by Crippen LogP contribution is 2.25. The second-order valence-corrected chi connectivity index (χ2v) is 4.66. The average Bonchev–Trinajstić information content (AvgIpc) is 2.19. The zero-order valence-corrected chi connectivity index (χ0v) is 9.04. The van der Waals surface area contributed by atoms with Gasteiger partial charge in [-0.25, -0.2) is 8.42 Å². The summed E-state index contributed by atoms with van der Waals surface area (Å²) in [5.74, 6) is 1.58. The van der Waals surface area contributed by atoms with Gasteiger partial charge in [-0.05, 0) is 26.0 Å². The van der Waals surface area contributed by atoms with Gasteiger partial charge in [0.25, 0.3) is 0 Å². The first kappa shape index (κ1) is 11.0. The summed E-state index contributed by atoms with van der Waals surface area (Å²) in [6, 6.07) is 6.62. The Kier molecular flexibility index (Phi) is 3.52. The molecule has 0 aliphatic rings. The minimum atomic E-state index is -3.30. The van der Waals surface area contributed by atoms with Crippen molar-refractivity contribution < 1.29 is 13.2 Å². The van der Waals surface area contributed by atoms with Crippen molar-refractivity contribution >= 4 is 9.84 Å². The fourth-order valence-corrected chi connectivity index (χ4v) is 2.02. The predicted octanol–water partition coefficient (Wildman–Crippen LogP) is 2.04. The molecule has 1 radical (unpaired) electrons. The van der Waals surface area contributed by atoms with Gasteiger partial charge in [-0.15, -0.1) is 0 Å². The number of benzene rings is 1. The molecule has 1 rings (SSSR count). The first-order valence-corrected chi connectivity index (χ1v) is 5.92. The van der Waals surface area contributed by atoms with E-state index in [0.717, 1.165) is 0 Å². The Morgan fingerprint density at radius 3 is 2.57 bits per heavy atom. The highest BCUT2D eigenvalue weighted by Gasteiger charge is 2.16. The van der Waals surface area contributed by atoms with Crippen molar-refractivity contribution in [2.24, 2.45) is 0 Å². The standard InChI is InChI=1S/C10H13O3S/c1-3-13-9-7-5-6-8-10(9)14(11,12)4-2/h4-8H,3H2,1-2H3. The summed E-state index contributed by atoms with van der Waals surface area (Å²) >= 11 is 0. The number of ether oxygens (including phenoxy) is 1. The highest BCUT2D eigenvalue weighted by molar-refractivity contribution is 7.93. The van der Waals surface area contributed by atoms with Crippen LogP contribution in [0.3, 0.4) is 0 Å². The molecule has 0 saturated carbocycles. The maximum atomic E-state index is 11.6. The van der Waals surface area contributed by atoms with Crippen molar-refractivity contribution in [2.75, 3.05) is 6.61 Å². The van der Waals surface area contributed by atoms with Gasteiger partial charge in [0, 0.05) is 0 Å². The number of hydrogen-bond donors (Lipinski definition) is 0. The van der Waals surface area contributed by atoms with E-state index in [1.807, 2.05) is 6.92 Å². The first-order chi connectivity index (χ1) is 6.61. The number of rotatable bonds is 4. The molecule has 14 heavy (non-hydrogen) atoms. The van der Waals surface area contributed by atoms with Gasteiger partial charge in [-0.1, -0.05) is 12.1 Å². The van der Waals surface area contributed by atoms with Gasteiger partial charge < -0.3 is 4.74 Å². The third-order valence-corrected chi connectivity index (χ3v) is 3.34. The zero-order chi connectivity index (χ0) is 10.6. The summed E-state index contributed by atoms with van der Waals surface area (Å²) in [6.45, 7) is 3.77. The van der Waals surface area contributed by atoms with Crippen LogP contribution in [0.5, 0.6) is 5.75 Å². The summed E-state index contributed by atoms with van der Waals surface area (Å²) in [6.07, 6.45) is 0. The van der Waals surface area contributed by atoms with E-state index < -0.39 is 9.84 Å². The predicted molar refractivity (Wildman–Crippen MR) is 54.8 cm³/mol. The van der Waals surface area contributed by atoms with E-state index in [9.17, 15) is 8.42 Å². The van der Waals surface area contributed by atoms with Crippen molar-refractivity contribution in [3.05, 3.63) is 30.0 Å². The van der Waals surface area contributed by atoms with Crippen molar-refractivity contribution in [3.8, 4) is 5.75 Å². The molecule has 0 saturated heterocycles. The van der Waals surface area contributed by atoms with Gasteiger partial charge in [-0.3, -0.25) is 0 Å². The maximum Gasteiger partial charge on any atom is 0.185 e. The molecule has 77 valence electrons. The lowest BCUT2D eigenvalue weighted by atomic mass is 10.3. The topological polar surface area (TPSA) is 43.4 Å². The van der Waals surface area contributed by atoms with Crippen LogP contribution in [-0.2, 0) is 9.84 Å². The highest BCUT2D eigenvalue weighted by atomic mass is 32.2. The molecule has 1 aromatic rings. The van der Waals surface area contributed by atoms with Crippen LogP contribution in [0.2, 0.25) is 0 Å². The van der Waals surface area contributed by atoms with Crippen LogP contribution in [0.4, 0.5) is 0 Å². The van der Waals surface area contributed by atoms with Crippen molar-refractivity contribution in [3.63, 3.8) is 0 Å². The lowest BCUT2D eigenvalue weighted by Gasteiger charge is -2.08. The van der Waals surface area contributed by atoms with Gasteiger partial charge in [0.15, 0.2) is 9.84 Å². The molecule has 0 amide bonds. The van der Waals surface area contributed by atoms with Crippen molar-refractivity contribution in [1.82, 2.24) is 0 Å². The lowest BCUT2D eigenvalue weighted by Crippen LogP contribution is -2.03. The molecule has 0 aromatic heterocycles. The Morgan fingerprint density at radius 1 is 1.36 bits per heavy atom. The van der Waals surface area contributed by atoms with Crippen LogP contribution in [-0.4, -0.2) is 15.0 Å². The van der Waals surface area contributed by atoms with E-state index in [0.29, 0.717) is 12.4 Å². The number of hydrogen-bond acceptors (Lipinski definition) is 3. The summed E-state index contributed by atoms with van der Waals surface area (Å²) in [4.78, 5) is 0.226. The summed E-state index contributed by atoms with van der Waals surface area (Å²) < 4.78 is 28.3. The van der Waals surface area contributed by atoms with E-state index in [1.54, 1.807) is 24.3 Å². The van der Waals surface area contributed by atoms with Crippen LogP contribution in [0, 0.1) is 5.75 Å². The Balaban J connectivity index is 3.20.